The third kappa shape index (κ3) is 2.33. The molecule has 0 N–H and O–H groups in total. The molecule has 1 nitrogen and oxygen atoms in total. The van der Waals surface area contributed by atoms with E-state index in [1.165, 1.54) is 11.1 Å². The molecule has 3 atom stereocenters. The molecule has 1 aromatic rings. The molecule has 17 heavy (non-hydrogen) atoms. The molecule has 90 valence electrons. The SMILES string of the molecule is CCC1C(c2ccccc2)=CCC(C=O)C1C. The van der Waals surface area contributed by atoms with Gasteiger partial charge in [0.05, 0.1) is 0 Å². The third-order valence-corrected chi connectivity index (χ3v) is 4.04. The van der Waals surface area contributed by atoms with Crippen LogP contribution in [-0.4, -0.2) is 6.29 Å². The number of carbonyl (C=O) groups excluding carboxylic acids is 1. The predicted octanol–water partition coefficient (Wildman–Crippen LogP) is 3.95. The van der Waals surface area contributed by atoms with Gasteiger partial charge in [-0.2, -0.15) is 0 Å². The highest BCUT2D eigenvalue weighted by Gasteiger charge is 2.30. The van der Waals surface area contributed by atoms with E-state index in [4.69, 9.17) is 0 Å². The number of hydrogen-bond donors (Lipinski definition) is 0. The molecule has 3 unspecified atom stereocenters. The van der Waals surface area contributed by atoms with E-state index in [0.717, 1.165) is 19.1 Å². The Morgan fingerprint density at radius 3 is 2.59 bits per heavy atom. The minimum Gasteiger partial charge on any atom is -0.303 e. The van der Waals surface area contributed by atoms with Crippen molar-refractivity contribution in [2.45, 2.75) is 26.7 Å². The molecule has 1 aromatic carbocycles. The molecule has 0 aromatic heterocycles. The Kier molecular flexibility index (Phi) is 3.78. The van der Waals surface area contributed by atoms with Crippen LogP contribution in [0.2, 0.25) is 0 Å². The van der Waals surface area contributed by atoms with Gasteiger partial charge in [-0.3, -0.25) is 0 Å². The average Bonchev–Trinajstić information content (AvgIpc) is 2.39. The van der Waals surface area contributed by atoms with Gasteiger partial charge in [0.15, 0.2) is 0 Å². The Morgan fingerprint density at radius 1 is 1.29 bits per heavy atom. The van der Waals surface area contributed by atoms with Crippen molar-refractivity contribution in [1.82, 2.24) is 0 Å². The van der Waals surface area contributed by atoms with Crippen LogP contribution in [0.4, 0.5) is 0 Å². The first-order chi connectivity index (χ1) is 8.27. The zero-order valence-electron chi connectivity index (χ0n) is 10.6. The molecule has 1 aliphatic rings. The fourth-order valence-electron chi connectivity index (χ4n) is 2.94. The lowest BCUT2D eigenvalue weighted by Gasteiger charge is -2.33. The highest BCUT2D eigenvalue weighted by molar-refractivity contribution is 5.70. The van der Waals surface area contributed by atoms with Gasteiger partial charge in [0.1, 0.15) is 6.29 Å². The maximum absolute atomic E-state index is 11.0. The van der Waals surface area contributed by atoms with E-state index in [1.807, 2.05) is 6.07 Å². The second kappa shape index (κ2) is 5.31. The van der Waals surface area contributed by atoms with Crippen LogP contribution in [0.25, 0.3) is 5.57 Å². The van der Waals surface area contributed by atoms with Crippen LogP contribution < -0.4 is 0 Å². The Morgan fingerprint density at radius 2 is 2.00 bits per heavy atom. The van der Waals surface area contributed by atoms with E-state index in [0.29, 0.717) is 11.8 Å². The van der Waals surface area contributed by atoms with Crippen molar-refractivity contribution in [3.63, 3.8) is 0 Å². The highest BCUT2D eigenvalue weighted by Crippen LogP contribution is 2.40. The summed E-state index contributed by atoms with van der Waals surface area (Å²) in [5.41, 5.74) is 2.74. The van der Waals surface area contributed by atoms with Gasteiger partial charge in [-0.15, -0.1) is 0 Å². The molecule has 0 radical (unpaired) electrons. The molecule has 0 saturated heterocycles. The lowest BCUT2D eigenvalue weighted by atomic mass is 9.70. The number of rotatable bonds is 3. The van der Waals surface area contributed by atoms with Gasteiger partial charge >= 0.3 is 0 Å². The van der Waals surface area contributed by atoms with Gasteiger partial charge in [0.25, 0.3) is 0 Å². The Balaban J connectivity index is 2.34. The lowest BCUT2D eigenvalue weighted by Crippen LogP contribution is -2.26. The first-order valence-corrected chi connectivity index (χ1v) is 6.48. The zero-order valence-corrected chi connectivity index (χ0v) is 10.6. The van der Waals surface area contributed by atoms with E-state index in [2.05, 4.69) is 44.2 Å². The minimum atomic E-state index is 0.201. The van der Waals surface area contributed by atoms with Crippen molar-refractivity contribution in [2.75, 3.05) is 0 Å². The number of hydrogen-bond acceptors (Lipinski definition) is 1. The molecular weight excluding hydrogens is 208 g/mol. The van der Waals surface area contributed by atoms with Gasteiger partial charge < -0.3 is 4.79 Å². The minimum absolute atomic E-state index is 0.201. The summed E-state index contributed by atoms with van der Waals surface area (Å²) in [6.07, 6.45) is 5.39. The summed E-state index contributed by atoms with van der Waals surface area (Å²) in [7, 11) is 0. The van der Waals surface area contributed by atoms with Crippen LogP contribution in [0.15, 0.2) is 36.4 Å². The van der Waals surface area contributed by atoms with E-state index in [9.17, 15) is 4.79 Å². The smallest absolute Gasteiger partial charge is 0.123 e. The summed E-state index contributed by atoms with van der Waals surface area (Å²) in [5, 5.41) is 0. The Hall–Kier alpha value is -1.37. The van der Waals surface area contributed by atoms with Crippen molar-refractivity contribution >= 4 is 11.9 Å². The largest absolute Gasteiger partial charge is 0.303 e. The fourth-order valence-corrected chi connectivity index (χ4v) is 2.94. The van der Waals surface area contributed by atoms with Crippen LogP contribution >= 0.6 is 0 Å². The third-order valence-electron chi connectivity index (χ3n) is 4.04. The Labute approximate surface area is 104 Å². The van der Waals surface area contributed by atoms with Crippen molar-refractivity contribution in [3.05, 3.63) is 42.0 Å². The summed E-state index contributed by atoms with van der Waals surface area (Å²) in [5.74, 6) is 1.17. The lowest BCUT2D eigenvalue weighted by molar-refractivity contribution is -0.112. The van der Waals surface area contributed by atoms with Crippen molar-refractivity contribution < 1.29 is 4.79 Å². The number of carbonyl (C=O) groups is 1. The van der Waals surface area contributed by atoms with Crippen molar-refractivity contribution in [3.8, 4) is 0 Å². The summed E-state index contributed by atoms with van der Waals surface area (Å²) >= 11 is 0. The van der Waals surface area contributed by atoms with Crippen LogP contribution in [0.5, 0.6) is 0 Å². The highest BCUT2D eigenvalue weighted by atomic mass is 16.1. The van der Waals surface area contributed by atoms with Gasteiger partial charge in [-0.25, -0.2) is 0 Å². The number of allylic oxidation sites excluding steroid dienone is 2. The van der Waals surface area contributed by atoms with Gasteiger partial charge in [-0.05, 0) is 35.8 Å². The molecule has 1 aliphatic carbocycles. The predicted molar refractivity (Wildman–Crippen MR) is 71.5 cm³/mol. The summed E-state index contributed by atoms with van der Waals surface area (Å²) < 4.78 is 0. The molecule has 0 heterocycles. The molecule has 1 heteroatoms. The summed E-state index contributed by atoms with van der Waals surface area (Å²) in [6, 6.07) is 10.6. The van der Waals surface area contributed by atoms with Gasteiger partial charge in [0.2, 0.25) is 0 Å². The topological polar surface area (TPSA) is 17.1 Å². The molecule has 0 fully saturated rings. The van der Waals surface area contributed by atoms with Crippen LogP contribution in [-0.2, 0) is 4.79 Å². The van der Waals surface area contributed by atoms with E-state index >= 15 is 0 Å². The summed E-state index contributed by atoms with van der Waals surface area (Å²) in [4.78, 5) is 11.0. The molecule has 0 spiro atoms. The zero-order chi connectivity index (χ0) is 12.3. The number of aldehydes is 1. The van der Waals surface area contributed by atoms with Crippen molar-refractivity contribution in [2.24, 2.45) is 17.8 Å². The summed E-state index contributed by atoms with van der Waals surface area (Å²) in [6.45, 7) is 4.42. The second-order valence-corrected chi connectivity index (χ2v) is 4.93. The maximum atomic E-state index is 11.0. The quantitative estimate of drug-likeness (QED) is 0.716. The molecular formula is C16H20O. The van der Waals surface area contributed by atoms with E-state index < -0.39 is 0 Å². The second-order valence-electron chi connectivity index (χ2n) is 4.93. The number of benzene rings is 1. The molecule has 0 bridgehead atoms. The maximum Gasteiger partial charge on any atom is 0.123 e. The van der Waals surface area contributed by atoms with Crippen molar-refractivity contribution in [1.29, 1.82) is 0 Å². The Bertz CT molecular complexity index is 405. The van der Waals surface area contributed by atoms with Crippen LogP contribution in [0.1, 0.15) is 32.3 Å². The first-order valence-electron chi connectivity index (χ1n) is 6.48. The van der Waals surface area contributed by atoms with Gasteiger partial charge in [-0.1, -0.05) is 50.3 Å². The standard InChI is InChI=1S/C16H20O/c1-3-15-12(2)14(11-17)9-10-16(15)13-7-5-4-6-8-13/h4-8,10-12,14-15H,3,9H2,1-2H3. The van der Waals surface area contributed by atoms with Crippen LogP contribution in [0.3, 0.4) is 0 Å². The molecule has 0 saturated carbocycles. The van der Waals surface area contributed by atoms with E-state index in [1.54, 1.807) is 0 Å². The molecule has 0 amide bonds. The monoisotopic (exact) mass is 228 g/mol. The fraction of sp³-hybridized carbons (Fsp3) is 0.438. The van der Waals surface area contributed by atoms with E-state index in [-0.39, 0.29) is 5.92 Å². The molecule has 0 aliphatic heterocycles. The molecule has 2 rings (SSSR count). The first kappa shape index (κ1) is 12.1. The normalized spacial score (nSPS) is 28.6. The van der Waals surface area contributed by atoms with Crippen LogP contribution in [0, 0.1) is 17.8 Å². The average molecular weight is 228 g/mol. The van der Waals surface area contributed by atoms with Gasteiger partial charge in [0, 0.05) is 5.92 Å².